The second-order valence-electron chi connectivity index (χ2n) is 5.85. The Morgan fingerprint density at radius 2 is 2.30 bits per heavy atom. The van der Waals surface area contributed by atoms with Crippen LogP contribution in [0.25, 0.3) is 10.9 Å². The molecule has 1 aliphatic carbocycles. The van der Waals surface area contributed by atoms with Gasteiger partial charge >= 0.3 is 6.03 Å². The van der Waals surface area contributed by atoms with Gasteiger partial charge in [0.25, 0.3) is 0 Å². The number of benzene rings is 1. The van der Waals surface area contributed by atoms with Crippen molar-refractivity contribution in [2.24, 2.45) is 5.73 Å². The molecule has 2 aliphatic rings. The fourth-order valence-electron chi connectivity index (χ4n) is 3.85. The molecule has 0 radical (unpaired) electrons. The van der Waals surface area contributed by atoms with Crippen LogP contribution in [-0.4, -0.2) is 29.6 Å². The van der Waals surface area contributed by atoms with E-state index in [4.69, 9.17) is 5.73 Å². The van der Waals surface area contributed by atoms with E-state index < -0.39 is 6.03 Å². The topological polar surface area (TPSA) is 82.9 Å². The molecule has 1 aromatic carbocycles. The second-order valence-corrected chi connectivity index (χ2v) is 5.85. The van der Waals surface area contributed by atoms with E-state index >= 15 is 0 Å². The molecular formula is C15H18N4O. The first-order valence-electron chi connectivity index (χ1n) is 7.10. The SMILES string of the molecule is NC(=O)N[C@@H]1CN[C@@H]2Cc3c[nH]c4cccc(c34)C2C1. The molecule has 0 bridgehead atoms. The minimum atomic E-state index is -0.438. The summed E-state index contributed by atoms with van der Waals surface area (Å²) in [5.41, 5.74) is 9.24. The highest BCUT2D eigenvalue weighted by Crippen LogP contribution is 2.40. The minimum absolute atomic E-state index is 0.115. The third-order valence-electron chi connectivity index (χ3n) is 4.66. The minimum Gasteiger partial charge on any atom is -0.361 e. The summed E-state index contributed by atoms with van der Waals surface area (Å²) in [4.78, 5) is 14.4. The van der Waals surface area contributed by atoms with E-state index in [0.29, 0.717) is 12.0 Å². The van der Waals surface area contributed by atoms with E-state index in [2.05, 4.69) is 40.0 Å². The summed E-state index contributed by atoms with van der Waals surface area (Å²) >= 11 is 0. The zero-order valence-corrected chi connectivity index (χ0v) is 11.1. The molecule has 5 nitrogen and oxygen atoms in total. The predicted molar refractivity (Wildman–Crippen MR) is 77.7 cm³/mol. The number of nitrogens with one attached hydrogen (secondary N) is 3. The van der Waals surface area contributed by atoms with Gasteiger partial charge in [-0.05, 0) is 30.0 Å². The van der Waals surface area contributed by atoms with Crippen molar-refractivity contribution in [1.82, 2.24) is 15.6 Å². The first-order chi connectivity index (χ1) is 9.72. The maximum Gasteiger partial charge on any atom is 0.312 e. The van der Waals surface area contributed by atoms with Crippen molar-refractivity contribution in [2.75, 3.05) is 6.54 Å². The molecule has 1 unspecified atom stereocenters. The fourth-order valence-corrected chi connectivity index (χ4v) is 3.85. The smallest absolute Gasteiger partial charge is 0.312 e. The third-order valence-corrected chi connectivity index (χ3v) is 4.66. The third kappa shape index (κ3) is 1.70. The van der Waals surface area contributed by atoms with Crippen molar-refractivity contribution in [3.8, 4) is 0 Å². The average Bonchev–Trinajstić information content (AvgIpc) is 2.84. The van der Waals surface area contributed by atoms with Crippen LogP contribution in [-0.2, 0) is 6.42 Å². The number of carbonyl (C=O) groups is 1. The first kappa shape index (κ1) is 11.8. The van der Waals surface area contributed by atoms with E-state index in [0.717, 1.165) is 19.4 Å². The zero-order valence-electron chi connectivity index (χ0n) is 11.1. The fraction of sp³-hybridized carbons (Fsp3) is 0.400. The number of aromatic nitrogens is 1. The molecule has 104 valence electrons. The van der Waals surface area contributed by atoms with E-state index in [9.17, 15) is 4.79 Å². The molecule has 2 heterocycles. The van der Waals surface area contributed by atoms with Gasteiger partial charge in [0.2, 0.25) is 0 Å². The maximum absolute atomic E-state index is 11.1. The molecular weight excluding hydrogens is 252 g/mol. The summed E-state index contributed by atoms with van der Waals surface area (Å²) in [7, 11) is 0. The van der Waals surface area contributed by atoms with Crippen LogP contribution in [0.5, 0.6) is 0 Å². The molecule has 2 aromatic rings. The molecule has 0 saturated carbocycles. The van der Waals surface area contributed by atoms with Crippen LogP contribution in [0.4, 0.5) is 4.79 Å². The zero-order chi connectivity index (χ0) is 13.7. The first-order valence-corrected chi connectivity index (χ1v) is 7.10. The molecule has 20 heavy (non-hydrogen) atoms. The highest BCUT2D eigenvalue weighted by Gasteiger charge is 2.36. The number of hydrogen-bond acceptors (Lipinski definition) is 2. The number of rotatable bonds is 1. The summed E-state index contributed by atoms with van der Waals surface area (Å²) < 4.78 is 0. The van der Waals surface area contributed by atoms with Gasteiger partial charge in [0, 0.05) is 41.6 Å². The molecule has 2 amide bonds. The van der Waals surface area contributed by atoms with Crippen molar-refractivity contribution < 1.29 is 4.79 Å². The number of hydrogen-bond donors (Lipinski definition) is 4. The molecule has 4 rings (SSSR count). The number of amides is 2. The number of fused-ring (bicyclic) bond motifs is 2. The van der Waals surface area contributed by atoms with Crippen LogP contribution in [0.3, 0.4) is 0 Å². The highest BCUT2D eigenvalue weighted by molar-refractivity contribution is 5.88. The number of urea groups is 1. The van der Waals surface area contributed by atoms with Gasteiger partial charge in [-0.25, -0.2) is 4.79 Å². The Morgan fingerprint density at radius 1 is 1.40 bits per heavy atom. The van der Waals surface area contributed by atoms with Crippen LogP contribution in [0.1, 0.15) is 23.5 Å². The summed E-state index contributed by atoms with van der Waals surface area (Å²) in [5, 5.41) is 7.77. The quantitative estimate of drug-likeness (QED) is 0.628. The van der Waals surface area contributed by atoms with Crippen LogP contribution >= 0.6 is 0 Å². The highest BCUT2D eigenvalue weighted by atomic mass is 16.2. The lowest BCUT2D eigenvalue weighted by Crippen LogP contribution is -2.55. The number of aromatic amines is 1. The molecule has 1 fully saturated rings. The Hall–Kier alpha value is -2.01. The van der Waals surface area contributed by atoms with Crippen molar-refractivity contribution in [1.29, 1.82) is 0 Å². The molecule has 0 spiro atoms. The van der Waals surface area contributed by atoms with E-state index in [1.807, 2.05) is 0 Å². The van der Waals surface area contributed by atoms with E-state index in [1.165, 1.54) is 22.0 Å². The van der Waals surface area contributed by atoms with Crippen molar-refractivity contribution in [3.05, 3.63) is 35.5 Å². The molecule has 1 aromatic heterocycles. The Balaban J connectivity index is 1.73. The molecule has 5 N–H and O–H groups in total. The number of primary amides is 1. The number of nitrogens with two attached hydrogens (primary N) is 1. The van der Waals surface area contributed by atoms with Crippen molar-refractivity contribution in [2.45, 2.75) is 30.8 Å². The Bertz CT molecular complexity index is 678. The Labute approximate surface area is 116 Å². The molecule has 3 atom stereocenters. The van der Waals surface area contributed by atoms with Gasteiger partial charge < -0.3 is 21.4 Å². The van der Waals surface area contributed by atoms with Gasteiger partial charge in [0.1, 0.15) is 0 Å². The number of carbonyl (C=O) groups excluding carboxylic acids is 1. The van der Waals surface area contributed by atoms with E-state index in [-0.39, 0.29) is 6.04 Å². The summed E-state index contributed by atoms with van der Waals surface area (Å²) in [5.74, 6) is 0.438. The summed E-state index contributed by atoms with van der Waals surface area (Å²) in [6.07, 6.45) is 4.12. The normalized spacial score (nSPS) is 28.1. The molecule has 1 aliphatic heterocycles. The lowest BCUT2D eigenvalue weighted by atomic mass is 9.75. The van der Waals surface area contributed by atoms with Crippen molar-refractivity contribution >= 4 is 16.9 Å². The summed E-state index contributed by atoms with van der Waals surface area (Å²) in [6, 6.07) is 6.57. The predicted octanol–water partition coefficient (Wildman–Crippen LogP) is 1.21. The monoisotopic (exact) mass is 270 g/mol. The lowest BCUT2D eigenvalue weighted by Gasteiger charge is -2.40. The molecule has 1 saturated heterocycles. The van der Waals surface area contributed by atoms with Crippen LogP contribution < -0.4 is 16.4 Å². The Morgan fingerprint density at radius 3 is 3.15 bits per heavy atom. The van der Waals surface area contributed by atoms with E-state index in [1.54, 1.807) is 0 Å². The Kier molecular flexibility index (Phi) is 2.50. The second kappa shape index (κ2) is 4.24. The van der Waals surface area contributed by atoms with Crippen molar-refractivity contribution in [3.63, 3.8) is 0 Å². The average molecular weight is 270 g/mol. The maximum atomic E-state index is 11.1. The summed E-state index contributed by atoms with van der Waals surface area (Å²) in [6.45, 7) is 0.792. The number of piperidine rings is 1. The lowest BCUT2D eigenvalue weighted by molar-refractivity contribution is 0.234. The van der Waals surface area contributed by atoms with Gasteiger partial charge in [-0.2, -0.15) is 0 Å². The van der Waals surface area contributed by atoms with Gasteiger partial charge in [-0.3, -0.25) is 0 Å². The van der Waals surface area contributed by atoms with Gasteiger partial charge in [0.05, 0.1) is 0 Å². The number of H-pyrrole nitrogens is 1. The van der Waals surface area contributed by atoms with Crippen LogP contribution in [0, 0.1) is 0 Å². The standard InChI is InChI=1S/C15H18N4O/c16-15(20)19-9-5-11-10-2-1-3-12-14(10)8(6-17-12)4-13(11)18-7-9/h1-3,6,9,11,13,17-18H,4-5,7H2,(H3,16,19,20)/t9-,11?,13+/m0/s1. The van der Waals surface area contributed by atoms with Crippen LogP contribution in [0.2, 0.25) is 0 Å². The van der Waals surface area contributed by atoms with Gasteiger partial charge in [-0.1, -0.05) is 12.1 Å². The largest absolute Gasteiger partial charge is 0.361 e. The van der Waals surface area contributed by atoms with Gasteiger partial charge in [0.15, 0.2) is 0 Å². The van der Waals surface area contributed by atoms with Crippen LogP contribution in [0.15, 0.2) is 24.4 Å². The van der Waals surface area contributed by atoms with Gasteiger partial charge in [-0.15, -0.1) is 0 Å². The molecule has 5 heteroatoms.